The van der Waals surface area contributed by atoms with Crippen molar-refractivity contribution in [3.8, 4) is 0 Å². The van der Waals surface area contributed by atoms with Crippen LogP contribution in [0.2, 0.25) is 0 Å². The second-order valence-electron chi connectivity index (χ2n) is 7.95. The van der Waals surface area contributed by atoms with Crippen LogP contribution in [0, 0.1) is 6.92 Å². The fraction of sp³-hybridized carbons (Fsp3) is 0.700. The summed E-state index contributed by atoms with van der Waals surface area (Å²) in [6.45, 7) is 5.14. The third kappa shape index (κ3) is 5.05. The minimum absolute atomic E-state index is 0.0721. The van der Waals surface area contributed by atoms with Gasteiger partial charge in [-0.05, 0) is 39.2 Å². The van der Waals surface area contributed by atoms with Crippen LogP contribution in [0.5, 0.6) is 0 Å². The van der Waals surface area contributed by atoms with Gasteiger partial charge in [0, 0.05) is 38.0 Å². The number of allylic oxidation sites excluding steroid dienone is 3. The summed E-state index contributed by atoms with van der Waals surface area (Å²) in [5.74, 6) is 1.54. The van der Waals surface area contributed by atoms with Crippen LogP contribution >= 0.6 is 0 Å². The standard InChI is InChI=1S/C20H34N6O2/c1-13(21)11-16(20-23-14(2)25-28-20)19(22)26-10-9-17(18(12-26)27-3)24-15-7-5-4-6-8-15/h11,15,17-18,24H,4-10,12,21-22H2,1-3H3/b13-11-,19-16-/t17-,18+/m1/s1. The number of nitrogens with zero attached hydrogens (tertiary/aromatic N) is 3. The topological polar surface area (TPSA) is 115 Å². The molecule has 0 unspecified atom stereocenters. The number of hydrogen-bond acceptors (Lipinski definition) is 8. The molecular weight excluding hydrogens is 356 g/mol. The molecule has 0 amide bonds. The molecule has 1 aliphatic heterocycles. The van der Waals surface area contributed by atoms with Crippen LogP contribution in [0.25, 0.3) is 5.57 Å². The largest absolute Gasteiger partial charge is 0.402 e. The monoisotopic (exact) mass is 390 g/mol. The maximum atomic E-state index is 6.53. The van der Waals surface area contributed by atoms with E-state index in [1.54, 1.807) is 20.1 Å². The van der Waals surface area contributed by atoms with Crippen molar-refractivity contribution in [2.24, 2.45) is 11.5 Å². The Bertz CT molecular complexity index is 703. The van der Waals surface area contributed by atoms with Crippen molar-refractivity contribution in [3.05, 3.63) is 29.3 Å². The zero-order valence-corrected chi connectivity index (χ0v) is 17.3. The number of likely N-dealkylation sites (tertiary alicyclic amines) is 1. The Morgan fingerprint density at radius 1 is 1.25 bits per heavy atom. The highest BCUT2D eigenvalue weighted by atomic mass is 16.5. The van der Waals surface area contributed by atoms with E-state index in [9.17, 15) is 0 Å². The van der Waals surface area contributed by atoms with Crippen LogP contribution < -0.4 is 16.8 Å². The second-order valence-corrected chi connectivity index (χ2v) is 7.95. The molecule has 2 aliphatic rings. The smallest absolute Gasteiger partial charge is 0.261 e. The summed E-state index contributed by atoms with van der Waals surface area (Å²) in [6.07, 6.45) is 9.36. The summed E-state index contributed by atoms with van der Waals surface area (Å²) >= 11 is 0. The average Bonchev–Trinajstić information content (AvgIpc) is 3.12. The Morgan fingerprint density at radius 2 is 2.00 bits per heavy atom. The van der Waals surface area contributed by atoms with E-state index in [4.69, 9.17) is 20.7 Å². The summed E-state index contributed by atoms with van der Waals surface area (Å²) < 4.78 is 11.2. The first-order valence-electron chi connectivity index (χ1n) is 10.3. The molecule has 2 atom stereocenters. The Labute approximate surface area is 167 Å². The molecular formula is C20H34N6O2. The molecule has 8 heteroatoms. The van der Waals surface area contributed by atoms with Gasteiger partial charge in [-0.1, -0.05) is 24.4 Å². The van der Waals surface area contributed by atoms with Crippen LogP contribution in [0.15, 0.2) is 22.1 Å². The molecule has 2 heterocycles. The third-order valence-electron chi connectivity index (χ3n) is 5.66. The summed E-state index contributed by atoms with van der Waals surface area (Å²) in [6, 6.07) is 0.952. The Balaban J connectivity index is 1.75. The molecule has 1 saturated carbocycles. The van der Waals surface area contributed by atoms with E-state index in [-0.39, 0.29) is 6.10 Å². The van der Waals surface area contributed by atoms with E-state index in [1.807, 2.05) is 6.92 Å². The van der Waals surface area contributed by atoms with Crippen molar-refractivity contribution < 1.29 is 9.26 Å². The molecule has 2 fully saturated rings. The second kappa shape index (κ2) is 9.43. The van der Waals surface area contributed by atoms with Gasteiger partial charge in [0.15, 0.2) is 5.82 Å². The minimum Gasteiger partial charge on any atom is -0.402 e. The maximum Gasteiger partial charge on any atom is 0.261 e. The number of piperidine rings is 1. The van der Waals surface area contributed by atoms with Gasteiger partial charge in [-0.25, -0.2) is 0 Å². The number of methoxy groups -OCH3 is 1. The highest BCUT2D eigenvalue weighted by Gasteiger charge is 2.32. The number of nitrogens with two attached hydrogens (primary N) is 2. The molecule has 0 radical (unpaired) electrons. The minimum atomic E-state index is 0.0721. The van der Waals surface area contributed by atoms with Gasteiger partial charge in [0.05, 0.1) is 11.7 Å². The summed E-state index contributed by atoms with van der Waals surface area (Å²) in [5, 5.41) is 7.71. The van der Waals surface area contributed by atoms with Gasteiger partial charge in [-0.15, -0.1) is 0 Å². The molecule has 28 heavy (non-hydrogen) atoms. The van der Waals surface area contributed by atoms with Gasteiger partial charge in [0.25, 0.3) is 5.89 Å². The first-order valence-corrected chi connectivity index (χ1v) is 10.3. The average molecular weight is 391 g/mol. The first kappa shape index (κ1) is 20.7. The number of aromatic nitrogens is 2. The lowest BCUT2D eigenvalue weighted by Gasteiger charge is -2.41. The van der Waals surface area contributed by atoms with Crippen LogP contribution in [0.3, 0.4) is 0 Å². The zero-order chi connectivity index (χ0) is 20.1. The zero-order valence-electron chi connectivity index (χ0n) is 17.3. The van der Waals surface area contributed by atoms with Crippen molar-refractivity contribution in [3.63, 3.8) is 0 Å². The van der Waals surface area contributed by atoms with Gasteiger partial charge in [0.1, 0.15) is 5.82 Å². The van der Waals surface area contributed by atoms with Crippen LogP contribution in [-0.4, -0.2) is 53.4 Å². The van der Waals surface area contributed by atoms with Gasteiger partial charge in [0.2, 0.25) is 0 Å². The molecule has 5 N–H and O–H groups in total. The van der Waals surface area contributed by atoms with Gasteiger partial charge in [-0.2, -0.15) is 4.98 Å². The van der Waals surface area contributed by atoms with Gasteiger partial charge >= 0.3 is 0 Å². The van der Waals surface area contributed by atoms with E-state index in [0.29, 0.717) is 47.4 Å². The number of rotatable bonds is 6. The summed E-state index contributed by atoms with van der Waals surface area (Å²) in [4.78, 5) is 6.45. The molecule has 8 nitrogen and oxygen atoms in total. The summed E-state index contributed by atoms with van der Waals surface area (Å²) in [5.41, 5.74) is 13.7. The number of ether oxygens (including phenoxy) is 1. The van der Waals surface area contributed by atoms with Crippen molar-refractivity contribution in [2.45, 2.75) is 70.6 Å². The molecule has 0 spiro atoms. The van der Waals surface area contributed by atoms with Crippen molar-refractivity contribution in [1.82, 2.24) is 20.4 Å². The third-order valence-corrected chi connectivity index (χ3v) is 5.66. The van der Waals surface area contributed by atoms with Crippen molar-refractivity contribution >= 4 is 5.57 Å². The van der Waals surface area contributed by atoms with Crippen molar-refractivity contribution in [2.75, 3.05) is 20.2 Å². The number of hydrogen-bond donors (Lipinski definition) is 3. The van der Waals surface area contributed by atoms with Crippen molar-refractivity contribution in [1.29, 1.82) is 0 Å². The fourth-order valence-electron chi connectivity index (χ4n) is 4.19. The Kier molecular flexibility index (Phi) is 6.96. The molecule has 1 aromatic rings. The predicted molar refractivity (Wildman–Crippen MR) is 109 cm³/mol. The van der Waals surface area contributed by atoms with Gasteiger partial charge < -0.3 is 30.9 Å². The van der Waals surface area contributed by atoms with Crippen LogP contribution in [0.1, 0.15) is 57.2 Å². The highest BCUT2D eigenvalue weighted by molar-refractivity contribution is 5.71. The Hall–Kier alpha value is -2.06. The highest BCUT2D eigenvalue weighted by Crippen LogP contribution is 2.25. The van der Waals surface area contributed by atoms with E-state index >= 15 is 0 Å². The molecule has 1 aromatic heterocycles. The maximum absolute atomic E-state index is 6.53. The fourth-order valence-corrected chi connectivity index (χ4v) is 4.19. The van der Waals surface area contributed by atoms with Crippen LogP contribution in [-0.2, 0) is 4.74 Å². The predicted octanol–water partition coefficient (Wildman–Crippen LogP) is 1.88. The first-order chi connectivity index (χ1) is 13.5. The summed E-state index contributed by atoms with van der Waals surface area (Å²) in [7, 11) is 1.77. The number of nitrogens with one attached hydrogen (secondary N) is 1. The lowest BCUT2D eigenvalue weighted by atomic mass is 9.92. The van der Waals surface area contributed by atoms with Crippen LogP contribution in [0.4, 0.5) is 0 Å². The van der Waals surface area contributed by atoms with E-state index in [0.717, 1.165) is 13.0 Å². The molecule has 1 aliphatic carbocycles. The Morgan fingerprint density at radius 3 is 2.61 bits per heavy atom. The quantitative estimate of drug-likeness (QED) is 0.631. The van der Waals surface area contributed by atoms with E-state index in [1.165, 1.54) is 32.1 Å². The van der Waals surface area contributed by atoms with Gasteiger partial charge in [-0.3, -0.25) is 0 Å². The molecule has 156 valence electrons. The molecule has 0 aromatic carbocycles. The lowest BCUT2D eigenvalue weighted by Crippen LogP contribution is -2.56. The molecule has 3 rings (SSSR count). The number of aryl methyl sites for hydroxylation is 1. The van der Waals surface area contributed by atoms with E-state index in [2.05, 4.69) is 20.4 Å². The SMILES string of the molecule is CO[C@H]1CN(/C(N)=C(/C=C(/C)N)c2nc(C)no2)CC[C@H]1NC1CCCCC1. The normalized spacial score (nSPS) is 25.7. The lowest BCUT2D eigenvalue weighted by molar-refractivity contribution is 0.0112. The van der Waals surface area contributed by atoms with E-state index < -0.39 is 0 Å². The molecule has 1 saturated heterocycles. The molecule has 0 bridgehead atoms.